The highest BCUT2D eigenvalue weighted by Gasteiger charge is 2.27. The maximum atomic E-state index is 13.2. The quantitative estimate of drug-likeness (QED) is 0.767. The molecule has 1 heterocycles. The van der Waals surface area contributed by atoms with E-state index in [4.69, 9.17) is 5.73 Å². The summed E-state index contributed by atoms with van der Waals surface area (Å²) in [6.07, 6.45) is 0. The number of amides is 1. The van der Waals surface area contributed by atoms with E-state index in [9.17, 15) is 17.6 Å². The number of rotatable bonds is 1. The number of nitrogen functional groups attached to an aromatic ring is 1. The molecular formula is C11H12BrFN2O3S. The van der Waals surface area contributed by atoms with Crippen LogP contribution in [0.4, 0.5) is 10.1 Å². The molecule has 0 saturated carbocycles. The van der Waals surface area contributed by atoms with Crippen LogP contribution in [0.5, 0.6) is 0 Å². The van der Waals surface area contributed by atoms with E-state index in [2.05, 4.69) is 15.9 Å². The van der Waals surface area contributed by atoms with Crippen LogP contribution >= 0.6 is 15.9 Å². The van der Waals surface area contributed by atoms with Crippen molar-refractivity contribution in [3.8, 4) is 0 Å². The van der Waals surface area contributed by atoms with Crippen molar-refractivity contribution in [3.63, 3.8) is 0 Å². The number of nitrogens with two attached hydrogens (primary N) is 1. The molecule has 1 fully saturated rings. The topological polar surface area (TPSA) is 80.5 Å². The van der Waals surface area contributed by atoms with E-state index in [1.807, 2.05) is 0 Å². The molecule has 0 aromatic heterocycles. The van der Waals surface area contributed by atoms with Gasteiger partial charge in [0, 0.05) is 17.6 Å². The molecule has 1 saturated heterocycles. The largest absolute Gasteiger partial charge is 0.396 e. The molecule has 1 aliphatic rings. The van der Waals surface area contributed by atoms with Crippen LogP contribution in [0.15, 0.2) is 16.6 Å². The molecule has 0 unspecified atom stereocenters. The Kier molecular flexibility index (Phi) is 3.82. The lowest BCUT2D eigenvalue weighted by atomic mass is 10.1. The van der Waals surface area contributed by atoms with E-state index in [1.54, 1.807) is 0 Å². The van der Waals surface area contributed by atoms with Gasteiger partial charge in [-0.2, -0.15) is 0 Å². The molecule has 1 aliphatic heterocycles. The second-order valence-corrected chi connectivity index (χ2v) is 7.46. The lowest BCUT2D eigenvalue weighted by Gasteiger charge is -2.27. The highest BCUT2D eigenvalue weighted by atomic mass is 79.9. The Bertz CT molecular complexity index is 619. The molecule has 0 atom stereocenters. The third kappa shape index (κ3) is 3.06. The van der Waals surface area contributed by atoms with Crippen LogP contribution in [-0.2, 0) is 9.84 Å². The monoisotopic (exact) mass is 350 g/mol. The summed E-state index contributed by atoms with van der Waals surface area (Å²) >= 11 is 3.11. The average molecular weight is 351 g/mol. The van der Waals surface area contributed by atoms with Gasteiger partial charge in [-0.1, -0.05) is 0 Å². The van der Waals surface area contributed by atoms with Crippen molar-refractivity contribution in [3.05, 3.63) is 28.0 Å². The summed E-state index contributed by atoms with van der Waals surface area (Å²) in [5.74, 6) is -1.06. The van der Waals surface area contributed by atoms with E-state index in [0.29, 0.717) is 4.47 Å². The number of anilines is 1. The van der Waals surface area contributed by atoms with Crippen LogP contribution in [0, 0.1) is 5.82 Å². The Hall–Kier alpha value is -1.15. The predicted molar refractivity (Wildman–Crippen MR) is 73.1 cm³/mol. The summed E-state index contributed by atoms with van der Waals surface area (Å²) in [7, 11) is -3.05. The molecule has 0 aliphatic carbocycles. The molecule has 2 rings (SSSR count). The smallest absolute Gasteiger partial charge is 0.255 e. The molecule has 0 radical (unpaired) electrons. The average Bonchev–Trinajstić information content (AvgIpc) is 2.33. The van der Waals surface area contributed by atoms with Gasteiger partial charge in [0.2, 0.25) is 0 Å². The summed E-state index contributed by atoms with van der Waals surface area (Å²) < 4.78 is 36.1. The van der Waals surface area contributed by atoms with Gasteiger partial charge in [-0.05, 0) is 28.1 Å². The summed E-state index contributed by atoms with van der Waals surface area (Å²) in [5.41, 5.74) is 5.56. The zero-order valence-electron chi connectivity index (χ0n) is 9.90. The summed E-state index contributed by atoms with van der Waals surface area (Å²) in [6, 6.07) is 2.38. The van der Waals surface area contributed by atoms with Gasteiger partial charge in [-0.25, -0.2) is 12.8 Å². The molecule has 0 spiro atoms. The number of carbonyl (C=O) groups is 1. The van der Waals surface area contributed by atoms with Crippen molar-refractivity contribution in [1.82, 2.24) is 4.90 Å². The molecule has 1 aromatic rings. The standard InChI is InChI=1S/C11H12BrFN2O3S/c12-8-6-9(13)10(14)5-7(8)11(16)15-1-3-19(17,18)4-2-15/h5-6H,1-4,14H2. The van der Waals surface area contributed by atoms with Crippen molar-refractivity contribution < 1.29 is 17.6 Å². The van der Waals surface area contributed by atoms with Gasteiger partial charge in [0.15, 0.2) is 9.84 Å². The van der Waals surface area contributed by atoms with Gasteiger partial charge in [-0.15, -0.1) is 0 Å². The molecule has 8 heteroatoms. The number of hydrogen-bond acceptors (Lipinski definition) is 4. The van der Waals surface area contributed by atoms with E-state index >= 15 is 0 Å². The van der Waals surface area contributed by atoms with Crippen LogP contribution < -0.4 is 5.73 Å². The molecule has 19 heavy (non-hydrogen) atoms. The molecular weight excluding hydrogens is 339 g/mol. The minimum absolute atomic E-state index is 0.0486. The van der Waals surface area contributed by atoms with Crippen molar-refractivity contribution in [2.75, 3.05) is 30.3 Å². The van der Waals surface area contributed by atoms with Gasteiger partial charge in [0.1, 0.15) is 5.82 Å². The lowest BCUT2D eigenvalue weighted by molar-refractivity contribution is 0.0769. The Balaban J connectivity index is 2.24. The molecule has 1 amide bonds. The Morgan fingerprint density at radius 3 is 2.47 bits per heavy atom. The number of nitrogens with zero attached hydrogens (tertiary/aromatic N) is 1. The lowest BCUT2D eigenvalue weighted by Crippen LogP contribution is -2.43. The van der Waals surface area contributed by atoms with E-state index < -0.39 is 15.7 Å². The molecule has 2 N–H and O–H groups in total. The minimum atomic E-state index is -3.05. The predicted octanol–water partition coefficient (Wildman–Crippen LogP) is 1.04. The summed E-state index contributed by atoms with van der Waals surface area (Å²) in [5, 5.41) is 0. The SMILES string of the molecule is Nc1cc(C(=O)N2CCS(=O)(=O)CC2)c(Br)cc1F. The maximum absolute atomic E-state index is 13.2. The van der Waals surface area contributed by atoms with Crippen molar-refractivity contribution in [2.45, 2.75) is 0 Å². The fraction of sp³-hybridized carbons (Fsp3) is 0.364. The number of carbonyl (C=O) groups excluding carboxylic acids is 1. The van der Waals surface area contributed by atoms with E-state index in [-0.39, 0.29) is 41.8 Å². The minimum Gasteiger partial charge on any atom is -0.396 e. The zero-order chi connectivity index (χ0) is 14.2. The Labute approximate surface area is 118 Å². The maximum Gasteiger partial charge on any atom is 0.255 e. The Morgan fingerprint density at radius 2 is 1.89 bits per heavy atom. The van der Waals surface area contributed by atoms with Gasteiger partial charge in [0.05, 0.1) is 22.8 Å². The zero-order valence-corrected chi connectivity index (χ0v) is 12.3. The van der Waals surface area contributed by atoms with Crippen molar-refractivity contribution >= 4 is 37.4 Å². The number of sulfone groups is 1. The first-order chi connectivity index (χ1) is 8.80. The van der Waals surface area contributed by atoms with Crippen LogP contribution in [0.25, 0.3) is 0 Å². The van der Waals surface area contributed by atoms with Crippen LogP contribution in [0.3, 0.4) is 0 Å². The van der Waals surface area contributed by atoms with Gasteiger partial charge in [0.25, 0.3) is 5.91 Å². The first kappa shape index (κ1) is 14.3. The van der Waals surface area contributed by atoms with Crippen LogP contribution in [-0.4, -0.2) is 43.8 Å². The highest BCUT2D eigenvalue weighted by molar-refractivity contribution is 9.10. The first-order valence-electron chi connectivity index (χ1n) is 5.54. The number of hydrogen-bond donors (Lipinski definition) is 1. The Morgan fingerprint density at radius 1 is 1.32 bits per heavy atom. The summed E-state index contributed by atoms with van der Waals surface area (Å²) in [6.45, 7) is 0.287. The second kappa shape index (κ2) is 5.09. The third-order valence-electron chi connectivity index (χ3n) is 2.95. The third-order valence-corrected chi connectivity index (χ3v) is 5.21. The van der Waals surface area contributed by atoms with Gasteiger partial charge < -0.3 is 10.6 Å². The fourth-order valence-electron chi connectivity index (χ4n) is 1.82. The molecule has 5 nitrogen and oxygen atoms in total. The molecule has 104 valence electrons. The first-order valence-corrected chi connectivity index (χ1v) is 8.16. The van der Waals surface area contributed by atoms with Crippen molar-refractivity contribution in [1.29, 1.82) is 0 Å². The van der Waals surface area contributed by atoms with E-state index in [1.165, 1.54) is 11.0 Å². The molecule has 1 aromatic carbocycles. The van der Waals surface area contributed by atoms with Gasteiger partial charge >= 0.3 is 0 Å². The molecule has 0 bridgehead atoms. The van der Waals surface area contributed by atoms with Crippen molar-refractivity contribution in [2.24, 2.45) is 0 Å². The van der Waals surface area contributed by atoms with Gasteiger partial charge in [-0.3, -0.25) is 4.79 Å². The van der Waals surface area contributed by atoms with Crippen LogP contribution in [0.1, 0.15) is 10.4 Å². The fourth-order valence-corrected chi connectivity index (χ4v) is 3.50. The summed E-state index contributed by atoms with van der Waals surface area (Å²) in [4.78, 5) is 13.6. The number of benzene rings is 1. The van der Waals surface area contributed by atoms with Crippen LogP contribution in [0.2, 0.25) is 0 Å². The normalized spacial score (nSPS) is 18.3. The second-order valence-electron chi connectivity index (χ2n) is 4.30. The highest BCUT2D eigenvalue weighted by Crippen LogP contribution is 2.24. The number of halogens is 2. The van der Waals surface area contributed by atoms with E-state index in [0.717, 1.165) is 6.07 Å².